The lowest BCUT2D eigenvalue weighted by Gasteiger charge is -2.15. The number of aromatic nitrogens is 2. The lowest BCUT2D eigenvalue weighted by atomic mass is 9.92. The van der Waals surface area contributed by atoms with E-state index in [1.54, 1.807) is 22.9 Å². The Morgan fingerprint density at radius 1 is 1.31 bits per heavy atom. The molecule has 1 aromatic carbocycles. The third-order valence-corrected chi connectivity index (χ3v) is 6.86. The molecule has 8 heteroatoms. The highest BCUT2D eigenvalue weighted by molar-refractivity contribution is 9.10. The Hall–Kier alpha value is -1.67. The van der Waals surface area contributed by atoms with Gasteiger partial charge in [0.25, 0.3) is 5.91 Å². The van der Waals surface area contributed by atoms with Crippen molar-refractivity contribution in [1.82, 2.24) is 9.78 Å². The summed E-state index contributed by atoms with van der Waals surface area (Å²) in [6.45, 7) is 6.10. The zero-order valence-electron chi connectivity index (χ0n) is 15.0. The Labute approximate surface area is 162 Å². The highest BCUT2D eigenvalue weighted by Crippen LogP contribution is 2.31. The predicted octanol–water partition coefficient (Wildman–Crippen LogP) is 3.56. The van der Waals surface area contributed by atoms with Gasteiger partial charge in [-0.2, -0.15) is 5.10 Å². The van der Waals surface area contributed by atoms with E-state index in [9.17, 15) is 13.2 Å². The summed E-state index contributed by atoms with van der Waals surface area (Å²) in [7, 11) is -3.05. The van der Waals surface area contributed by atoms with Gasteiger partial charge in [0.05, 0.1) is 28.8 Å². The molecule has 0 radical (unpaired) electrons. The maximum absolute atomic E-state index is 12.7. The van der Waals surface area contributed by atoms with Gasteiger partial charge in [-0.05, 0) is 34.5 Å². The molecule has 0 aliphatic carbocycles. The molecule has 1 amide bonds. The van der Waals surface area contributed by atoms with Crippen molar-refractivity contribution in [2.75, 3.05) is 16.8 Å². The molecule has 0 bridgehead atoms. The van der Waals surface area contributed by atoms with Gasteiger partial charge >= 0.3 is 0 Å². The van der Waals surface area contributed by atoms with E-state index >= 15 is 0 Å². The van der Waals surface area contributed by atoms with E-state index in [1.165, 1.54) is 0 Å². The number of nitrogens with one attached hydrogen (secondary N) is 1. The number of anilines is 1. The number of carbonyl (C=O) groups excluding carboxylic acids is 1. The Bertz CT molecular complexity index is 945. The lowest BCUT2D eigenvalue weighted by Crippen LogP contribution is -2.20. The van der Waals surface area contributed by atoms with Crippen LogP contribution in [0.2, 0.25) is 0 Å². The first-order valence-electron chi connectivity index (χ1n) is 8.43. The SMILES string of the molecule is CC(C)(C)c1cc(NC(=O)c2ccccc2Br)n([C@H]2CCS(=O)(=O)C2)n1. The molecule has 6 nitrogen and oxygen atoms in total. The summed E-state index contributed by atoms with van der Waals surface area (Å²) >= 11 is 3.38. The molecule has 1 atom stereocenters. The third kappa shape index (κ3) is 4.01. The summed E-state index contributed by atoms with van der Waals surface area (Å²) in [5.74, 6) is 0.466. The standard InChI is InChI=1S/C18H22BrN3O3S/c1-18(2,3)15-10-16(20-17(23)13-6-4-5-7-14(13)19)22(21-15)12-8-9-26(24,25)11-12/h4-7,10,12H,8-9,11H2,1-3H3,(H,20,23)/t12-/m0/s1. The second-order valence-corrected chi connectivity index (χ2v) is 10.7. The van der Waals surface area contributed by atoms with Crippen LogP contribution in [-0.4, -0.2) is 35.6 Å². The van der Waals surface area contributed by atoms with E-state index in [4.69, 9.17) is 0 Å². The number of benzene rings is 1. The molecule has 1 N–H and O–H groups in total. The van der Waals surface area contributed by atoms with E-state index in [2.05, 4.69) is 26.3 Å². The first-order chi connectivity index (χ1) is 12.1. The lowest BCUT2D eigenvalue weighted by molar-refractivity contribution is 0.102. The van der Waals surface area contributed by atoms with Crippen LogP contribution in [0.15, 0.2) is 34.8 Å². The Morgan fingerprint density at radius 2 is 2.00 bits per heavy atom. The number of hydrogen-bond acceptors (Lipinski definition) is 4. The molecule has 1 aliphatic heterocycles. The van der Waals surface area contributed by atoms with E-state index < -0.39 is 9.84 Å². The zero-order chi connectivity index (χ0) is 19.1. The van der Waals surface area contributed by atoms with Gasteiger partial charge in [-0.25, -0.2) is 13.1 Å². The fourth-order valence-electron chi connectivity index (χ4n) is 2.93. The fraction of sp³-hybridized carbons (Fsp3) is 0.444. The zero-order valence-corrected chi connectivity index (χ0v) is 17.4. The molecule has 1 aliphatic rings. The molecule has 1 fully saturated rings. The van der Waals surface area contributed by atoms with Crippen molar-refractivity contribution < 1.29 is 13.2 Å². The molecule has 0 spiro atoms. The van der Waals surface area contributed by atoms with Crippen LogP contribution in [0, 0.1) is 0 Å². The van der Waals surface area contributed by atoms with E-state index in [-0.39, 0.29) is 28.9 Å². The minimum atomic E-state index is -3.05. The first-order valence-corrected chi connectivity index (χ1v) is 11.0. The molecule has 1 aromatic heterocycles. The molecule has 3 rings (SSSR count). The van der Waals surface area contributed by atoms with E-state index in [0.29, 0.717) is 22.3 Å². The van der Waals surface area contributed by atoms with Gasteiger partial charge < -0.3 is 5.32 Å². The molecule has 26 heavy (non-hydrogen) atoms. The number of amides is 1. The van der Waals surface area contributed by atoms with Crippen LogP contribution in [0.5, 0.6) is 0 Å². The fourth-order valence-corrected chi connectivity index (χ4v) is 5.09. The molecule has 2 heterocycles. The van der Waals surface area contributed by atoms with Gasteiger partial charge in [0.2, 0.25) is 0 Å². The maximum atomic E-state index is 12.7. The smallest absolute Gasteiger partial charge is 0.257 e. The summed E-state index contributed by atoms with van der Waals surface area (Å²) < 4.78 is 26.1. The first kappa shape index (κ1) is 19.1. The number of halogens is 1. The van der Waals surface area contributed by atoms with Crippen LogP contribution in [-0.2, 0) is 15.3 Å². The molecule has 140 valence electrons. The predicted molar refractivity (Wildman–Crippen MR) is 105 cm³/mol. The Balaban J connectivity index is 1.96. The third-order valence-electron chi connectivity index (χ3n) is 4.42. The maximum Gasteiger partial charge on any atom is 0.257 e. The number of sulfone groups is 1. The van der Waals surface area contributed by atoms with Crippen molar-refractivity contribution in [3.8, 4) is 0 Å². The molecule has 0 saturated carbocycles. The minimum Gasteiger partial charge on any atom is -0.307 e. The summed E-state index contributed by atoms with van der Waals surface area (Å²) in [4.78, 5) is 12.7. The van der Waals surface area contributed by atoms with Crippen molar-refractivity contribution in [2.45, 2.75) is 38.6 Å². The van der Waals surface area contributed by atoms with Crippen LogP contribution in [0.4, 0.5) is 5.82 Å². The molecule has 1 saturated heterocycles. The van der Waals surface area contributed by atoms with Gasteiger partial charge in [-0.3, -0.25) is 4.79 Å². The Morgan fingerprint density at radius 3 is 2.58 bits per heavy atom. The number of rotatable bonds is 3. The summed E-state index contributed by atoms with van der Waals surface area (Å²) in [5, 5.41) is 7.53. The van der Waals surface area contributed by atoms with Crippen LogP contribution in [0.1, 0.15) is 49.3 Å². The topological polar surface area (TPSA) is 81.1 Å². The van der Waals surface area contributed by atoms with Gasteiger partial charge in [-0.1, -0.05) is 32.9 Å². The molecular weight excluding hydrogens is 418 g/mol. The average molecular weight is 440 g/mol. The van der Waals surface area contributed by atoms with E-state index in [1.807, 2.05) is 32.9 Å². The quantitative estimate of drug-likeness (QED) is 0.792. The summed E-state index contributed by atoms with van der Waals surface area (Å²) in [6.07, 6.45) is 0.505. The molecule has 2 aromatic rings. The second kappa shape index (κ2) is 6.81. The highest BCUT2D eigenvalue weighted by Gasteiger charge is 2.33. The van der Waals surface area contributed by atoms with Gasteiger partial charge in [0, 0.05) is 16.0 Å². The highest BCUT2D eigenvalue weighted by atomic mass is 79.9. The monoisotopic (exact) mass is 439 g/mol. The second-order valence-electron chi connectivity index (χ2n) is 7.60. The Kier molecular flexibility index (Phi) is 5.00. The minimum absolute atomic E-state index is 0.0518. The van der Waals surface area contributed by atoms with Gasteiger partial charge in [-0.15, -0.1) is 0 Å². The van der Waals surface area contributed by atoms with Crippen LogP contribution in [0.25, 0.3) is 0 Å². The van der Waals surface area contributed by atoms with Gasteiger partial charge in [0.1, 0.15) is 5.82 Å². The summed E-state index contributed by atoms with van der Waals surface area (Å²) in [6, 6.07) is 8.74. The van der Waals surface area contributed by atoms with Crippen molar-refractivity contribution in [1.29, 1.82) is 0 Å². The van der Waals surface area contributed by atoms with Crippen molar-refractivity contribution in [3.63, 3.8) is 0 Å². The van der Waals surface area contributed by atoms with Crippen LogP contribution in [0.3, 0.4) is 0 Å². The number of hydrogen-bond donors (Lipinski definition) is 1. The van der Waals surface area contributed by atoms with E-state index in [0.717, 1.165) is 5.69 Å². The van der Waals surface area contributed by atoms with Crippen molar-refractivity contribution in [2.24, 2.45) is 0 Å². The normalized spacial score (nSPS) is 19.5. The largest absolute Gasteiger partial charge is 0.307 e. The van der Waals surface area contributed by atoms with Crippen molar-refractivity contribution >= 4 is 37.5 Å². The van der Waals surface area contributed by atoms with Gasteiger partial charge in [0.15, 0.2) is 9.84 Å². The van der Waals surface area contributed by atoms with Crippen molar-refractivity contribution in [3.05, 3.63) is 46.1 Å². The van der Waals surface area contributed by atoms with Crippen LogP contribution >= 0.6 is 15.9 Å². The molecular formula is C18H22BrN3O3S. The number of carbonyl (C=O) groups is 1. The van der Waals surface area contributed by atoms with Crippen LogP contribution < -0.4 is 5.32 Å². The number of nitrogens with zero attached hydrogens (tertiary/aromatic N) is 2. The summed E-state index contributed by atoms with van der Waals surface area (Å²) in [5.41, 5.74) is 1.11. The molecule has 0 unspecified atom stereocenters. The average Bonchev–Trinajstić information content (AvgIpc) is 3.10.